The van der Waals surface area contributed by atoms with Gasteiger partial charge in [0.05, 0.1) is 0 Å². The van der Waals surface area contributed by atoms with Crippen LogP contribution in [0.15, 0.2) is 18.2 Å². The Morgan fingerprint density at radius 2 is 2.14 bits per heavy atom. The molecule has 0 saturated heterocycles. The summed E-state index contributed by atoms with van der Waals surface area (Å²) in [6, 6.07) is 5.21. The van der Waals surface area contributed by atoms with Gasteiger partial charge in [0.1, 0.15) is 5.82 Å². The highest BCUT2D eigenvalue weighted by atomic mass is 19.1. The topological polar surface area (TPSA) is 26.0 Å². The summed E-state index contributed by atoms with van der Waals surface area (Å²) in [5.41, 5.74) is 8.05. The second-order valence-corrected chi connectivity index (χ2v) is 3.78. The molecular formula is C12H18FN. The van der Waals surface area contributed by atoms with Crippen LogP contribution in [-0.4, -0.2) is 6.04 Å². The van der Waals surface area contributed by atoms with Crippen molar-refractivity contribution in [2.24, 2.45) is 5.73 Å². The van der Waals surface area contributed by atoms with Crippen LogP contribution in [0.5, 0.6) is 0 Å². The lowest BCUT2D eigenvalue weighted by Gasteiger charge is -2.10. The number of rotatable bonds is 4. The molecule has 78 valence electrons. The van der Waals surface area contributed by atoms with E-state index in [1.807, 2.05) is 13.0 Å². The lowest BCUT2D eigenvalue weighted by molar-refractivity contribution is 0.592. The Hall–Kier alpha value is -0.890. The van der Waals surface area contributed by atoms with Crippen molar-refractivity contribution in [1.29, 1.82) is 0 Å². The number of hydrogen-bond acceptors (Lipinski definition) is 1. The van der Waals surface area contributed by atoms with Crippen LogP contribution in [0.4, 0.5) is 4.39 Å². The zero-order chi connectivity index (χ0) is 10.6. The highest BCUT2D eigenvalue weighted by Gasteiger charge is 2.03. The van der Waals surface area contributed by atoms with Crippen molar-refractivity contribution in [1.82, 2.24) is 0 Å². The van der Waals surface area contributed by atoms with E-state index in [1.165, 1.54) is 11.6 Å². The second kappa shape index (κ2) is 5.11. The predicted molar refractivity (Wildman–Crippen MR) is 57.7 cm³/mol. The molecule has 1 aromatic carbocycles. The molecule has 2 N–H and O–H groups in total. The van der Waals surface area contributed by atoms with Crippen LogP contribution in [0.2, 0.25) is 0 Å². The fourth-order valence-electron chi connectivity index (χ4n) is 1.48. The standard InChI is InChI=1S/C12H18FN/c1-3-12(14)7-5-10-4-6-11(13)8-9(10)2/h4,6,8,12H,3,5,7,14H2,1-2H3. The molecule has 0 aliphatic carbocycles. The number of nitrogens with two attached hydrogens (primary N) is 1. The maximum absolute atomic E-state index is 12.8. The van der Waals surface area contributed by atoms with E-state index in [0.29, 0.717) is 0 Å². The largest absolute Gasteiger partial charge is 0.328 e. The normalized spacial score (nSPS) is 12.9. The summed E-state index contributed by atoms with van der Waals surface area (Å²) in [7, 11) is 0. The Kier molecular flexibility index (Phi) is 4.08. The molecule has 0 amide bonds. The summed E-state index contributed by atoms with van der Waals surface area (Å²) in [5.74, 6) is -0.161. The summed E-state index contributed by atoms with van der Waals surface area (Å²) in [6.07, 6.45) is 2.92. The zero-order valence-electron chi connectivity index (χ0n) is 8.89. The quantitative estimate of drug-likeness (QED) is 0.785. The molecule has 0 spiro atoms. The molecule has 0 heterocycles. The average molecular weight is 195 g/mol. The van der Waals surface area contributed by atoms with Crippen molar-refractivity contribution >= 4 is 0 Å². The fourth-order valence-corrected chi connectivity index (χ4v) is 1.48. The van der Waals surface area contributed by atoms with Gasteiger partial charge in [-0.15, -0.1) is 0 Å². The van der Waals surface area contributed by atoms with E-state index in [4.69, 9.17) is 5.73 Å². The van der Waals surface area contributed by atoms with Gasteiger partial charge in [0.2, 0.25) is 0 Å². The highest BCUT2D eigenvalue weighted by Crippen LogP contribution is 2.13. The minimum absolute atomic E-state index is 0.161. The van der Waals surface area contributed by atoms with E-state index in [9.17, 15) is 4.39 Å². The molecule has 1 nitrogen and oxygen atoms in total. The van der Waals surface area contributed by atoms with Gasteiger partial charge in [0.15, 0.2) is 0 Å². The zero-order valence-corrected chi connectivity index (χ0v) is 8.89. The van der Waals surface area contributed by atoms with Gasteiger partial charge in [-0.1, -0.05) is 13.0 Å². The number of benzene rings is 1. The summed E-state index contributed by atoms with van der Waals surface area (Å²) < 4.78 is 12.8. The van der Waals surface area contributed by atoms with Crippen LogP contribution in [0.1, 0.15) is 30.9 Å². The summed E-state index contributed by atoms with van der Waals surface area (Å²) in [5, 5.41) is 0. The third-order valence-corrected chi connectivity index (χ3v) is 2.61. The van der Waals surface area contributed by atoms with E-state index in [0.717, 1.165) is 24.8 Å². The number of aryl methyl sites for hydroxylation is 2. The number of halogens is 1. The van der Waals surface area contributed by atoms with Crippen LogP contribution in [0.25, 0.3) is 0 Å². The van der Waals surface area contributed by atoms with Gasteiger partial charge in [-0.05, 0) is 49.4 Å². The van der Waals surface area contributed by atoms with Crippen LogP contribution in [-0.2, 0) is 6.42 Å². The predicted octanol–water partition coefficient (Wildman–Crippen LogP) is 2.80. The van der Waals surface area contributed by atoms with E-state index in [1.54, 1.807) is 6.07 Å². The average Bonchev–Trinajstić information content (AvgIpc) is 2.16. The monoisotopic (exact) mass is 195 g/mol. The Morgan fingerprint density at radius 3 is 2.71 bits per heavy atom. The molecule has 0 bridgehead atoms. The van der Waals surface area contributed by atoms with Gasteiger partial charge >= 0.3 is 0 Å². The maximum Gasteiger partial charge on any atom is 0.123 e. The van der Waals surface area contributed by atoms with Crippen LogP contribution >= 0.6 is 0 Å². The third kappa shape index (κ3) is 3.11. The van der Waals surface area contributed by atoms with E-state index in [2.05, 4.69) is 6.92 Å². The molecule has 0 aliphatic rings. The Balaban J connectivity index is 2.59. The van der Waals surface area contributed by atoms with Gasteiger partial charge in [-0.2, -0.15) is 0 Å². The Bertz CT molecular complexity index is 296. The molecule has 0 radical (unpaired) electrons. The van der Waals surface area contributed by atoms with Gasteiger partial charge in [0.25, 0.3) is 0 Å². The van der Waals surface area contributed by atoms with Gasteiger partial charge < -0.3 is 5.73 Å². The van der Waals surface area contributed by atoms with E-state index >= 15 is 0 Å². The molecule has 0 aliphatic heterocycles. The molecule has 0 saturated carbocycles. The lowest BCUT2D eigenvalue weighted by atomic mass is 10.0. The van der Waals surface area contributed by atoms with Crippen LogP contribution in [0, 0.1) is 12.7 Å². The molecule has 1 rings (SSSR count). The summed E-state index contributed by atoms with van der Waals surface area (Å²) in [6.45, 7) is 4.03. The minimum atomic E-state index is -0.161. The molecule has 1 atom stereocenters. The number of hydrogen-bond donors (Lipinski definition) is 1. The first-order valence-corrected chi connectivity index (χ1v) is 5.14. The second-order valence-electron chi connectivity index (χ2n) is 3.78. The van der Waals surface area contributed by atoms with Gasteiger partial charge in [-0.3, -0.25) is 0 Å². The Morgan fingerprint density at radius 1 is 1.43 bits per heavy atom. The third-order valence-electron chi connectivity index (χ3n) is 2.61. The maximum atomic E-state index is 12.8. The molecule has 1 aromatic rings. The van der Waals surface area contributed by atoms with E-state index in [-0.39, 0.29) is 11.9 Å². The fraction of sp³-hybridized carbons (Fsp3) is 0.500. The van der Waals surface area contributed by atoms with Crippen molar-refractivity contribution < 1.29 is 4.39 Å². The first-order chi connectivity index (χ1) is 6.63. The molecule has 14 heavy (non-hydrogen) atoms. The Labute approximate surface area is 85.1 Å². The molecule has 2 heteroatoms. The molecule has 1 unspecified atom stereocenters. The van der Waals surface area contributed by atoms with Gasteiger partial charge in [0, 0.05) is 6.04 Å². The van der Waals surface area contributed by atoms with Crippen LogP contribution in [0.3, 0.4) is 0 Å². The molecule has 0 aromatic heterocycles. The van der Waals surface area contributed by atoms with Crippen molar-refractivity contribution in [3.8, 4) is 0 Å². The van der Waals surface area contributed by atoms with E-state index < -0.39 is 0 Å². The van der Waals surface area contributed by atoms with Crippen molar-refractivity contribution in [2.75, 3.05) is 0 Å². The van der Waals surface area contributed by atoms with Crippen molar-refractivity contribution in [3.05, 3.63) is 35.1 Å². The first kappa shape index (κ1) is 11.2. The molecule has 0 fully saturated rings. The van der Waals surface area contributed by atoms with Crippen molar-refractivity contribution in [3.63, 3.8) is 0 Å². The van der Waals surface area contributed by atoms with Gasteiger partial charge in [-0.25, -0.2) is 4.39 Å². The molecular weight excluding hydrogens is 177 g/mol. The summed E-state index contributed by atoms with van der Waals surface area (Å²) in [4.78, 5) is 0. The highest BCUT2D eigenvalue weighted by molar-refractivity contribution is 5.26. The minimum Gasteiger partial charge on any atom is -0.328 e. The smallest absolute Gasteiger partial charge is 0.123 e. The lowest BCUT2D eigenvalue weighted by Crippen LogP contribution is -2.19. The van der Waals surface area contributed by atoms with Crippen LogP contribution < -0.4 is 5.73 Å². The first-order valence-electron chi connectivity index (χ1n) is 5.14. The SMILES string of the molecule is CCC(N)CCc1ccc(F)cc1C. The summed E-state index contributed by atoms with van der Waals surface area (Å²) >= 11 is 0. The van der Waals surface area contributed by atoms with Crippen molar-refractivity contribution in [2.45, 2.75) is 39.2 Å².